The van der Waals surface area contributed by atoms with Gasteiger partial charge in [0.1, 0.15) is 0 Å². The number of aromatic nitrogens is 2. The molecule has 20 heavy (non-hydrogen) atoms. The molecule has 106 valence electrons. The number of halogens is 1. The number of fused-ring (bicyclic) bond motifs is 1. The van der Waals surface area contributed by atoms with Crippen molar-refractivity contribution in [3.63, 3.8) is 0 Å². The Balaban J connectivity index is 1.54. The standard InChI is InChI=1S/C14H16BrN3OS/c15-12-6-5-11(20-12)13-17-14(19-18-13)10-7-8-3-1-2-4-9(8)16-10/h5-6,8-10,16H,1-4,7H2. The Morgan fingerprint density at radius 3 is 3.00 bits per heavy atom. The van der Waals surface area contributed by atoms with Gasteiger partial charge in [0.2, 0.25) is 11.7 Å². The summed E-state index contributed by atoms with van der Waals surface area (Å²) in [5, 5.41) is 7.80. The first-order valence-electron chi connectivity index (χ1n) is 7.15. The van der Waals surface area contributed by atoms with Crippen molar-refractivity contribution < 1.29 is 4.52 Å². The summed E-state index contributed by atoms with van der Waals surface area (Å²) in [4.78, 5) is 5.63. The van der Waals surface area contributed by atoms with Crippen LogP contribution in [-0.4, -0.2) is 16.2 Å². The fourth-order valence-corrected chi connectivity index (χ4v) is 4.73. The molecule has 2 aliphatic rings. The van der Waals surface area contributed by atoms with E-state index in [9.17, 15) is 0 Å². The zero-order valence-corrected chi connectivity index (χ0v) is 13.4. The van der Waals surface area contributed by atoms with E-state index in [0.717, 1.165) is 26.9 Å². The molecule has 0 radical (unpaired) electrons. The minimum absolute atomic E-state index is 0.243. The van der Waals surface area contributed by atoms with Gasteiger partial charge in [0.15, 0.2) is 0 Å². The van der Waals surface area contributed by atoms with Gasteiger partial charge in [0, 0.05) is 6.04 Å². The van der Waals surface area contributed by atoms with Gasteiger partial charge in [0.05, 0.1) is 14.7 Å². The summed E-state index contributed by atoms with van der Waals surface area (Å²) in [6.07, 6.45) is 6.49. The third-order valence-electron chi connectivity index (χ3n) is 4.40. The summed E-state index contributed by atoms with van der Waals surface area (Å²) >= 11 is 5.09. The van der Waals surface area contributed by atoms with Crippen molar-refractivity contribution >= 4 is 27.3 Å². The lowest BCUT2D eigenvalue weighted by molar-refractivity contribution is 0.324. The zero-order chi connectivity index (χ0) is 13.5. The summed E-state index contributed by atoms with van der Waals surface area (Å²) in [7, 11) is 0. The summed E-state index contributed by atoms with van der Waals surface area (Å²) in [6, 6.07) is 4.93. The highest BCUT2D eigenvalue weighted by Crippen LogP contribution is 2.39. The molecule has 0 bridgehead atoms. The van der Waals surface area contributed by atoms with Crippen LogP contribution < -0.4 is 5.32 Å². The van der Waals surface area contributed by atoms with Crippen molar-refractivity contribution in [2.24, 2.45) is 5.92 Å². The van der Waals surface area contributed by atoms with Gasteiger partial charge in [-0.3, -0.25) is 0 Å². The number of thiophene rings is 1. The molecule has 1 saturated heterocycles. The molecular formula is C14H16BrN3OS. The molecule has 1 N–H and O–H groups in total. The van der Waals surface area contributed by atoms with E-state index in [-0.39, 0.29) is 6.04 Å². The lowest BCUT2D eigenvalue weighted by atomic mass is 9.85. The van der Waals surface area contributed by atoms with Crippen LogP contribution in [0.3, 0.4) is 0 Å². The minimum atomic E-state index is 0.243. The van der Waals surface area contributed by atoms with E-state index in [1.165, 1.54) is 25.7 Å². The maximum atomic E-state index is 5.49. The van der Waals surface area contributed by atoms with E-state index in [0.29, 0.717) is 11.9 Å². The molecule has 2 fully saturated rings. The van der Waals surface area contributed by atoms with Crippen LogP contribution in [0.1, 0.15) is 44.0 Å². The van der Waals surface area contributed by atoms with Gasteiger partial charge in [-0.25, -0.2) is 0 Å². The van der Waals surface area contributed by atoms with Gasteiger partial charge in [-0.1, -0.05) is 18.0 Å². The fraction of sp³-hybridized carbons (Fsp3) is 0.571. The van der Waals surface area contributed by atoms with Gasteiger partial charge in [0.25, 0.3) is 0 Å². The largest absolute Gasteiger partial charge is 0.337 e. The third-order valence-corrected chi connectivity index (χ3v) is 6.02. The summed E-state index contributed by atoms with van der Waals surface area (Å²) in [5.41, 5.74) is 0. The number of nitrogens with zero attached hydrogens (tertiary/aromatic N) is 2. The summed E-state index contributed by atoms with van der Waals surface area (Å²) in [6.45, 7) is 0. The Kier molecular flexibility index (Phi) is 3.40. The first-order chi connectivity index (χ1) is 9.79. The minimum Gasteiger partial charge on any atom is -0.337 e. The lowest BCUT2D eigenvalue weighted by Crippen LogP contribution is -2.30. The normalized spacial score (nSPS) is 29.6. The highest BCUT2D eigenvalue weighted by atomic mass is 79.9. The van der Waals surface area contributed by atoms with Crippen LogP contribution in [0.5, 0.6) is 0 Å². The maximum Gasteiger partial charge on any atom is 0.244 e. The Hall–Kier alpha value is -0.720. The second-order valence-corrected chi connectivity index (χ2v) is 8.13. The van der Waals surface area contributed by atoms with E-state index in [4.69, 9.17) is 4.52 Å². The Morgan fingerprint density at radius 2 is 2.20 bits per heavy atom. The molecule has 2 aromatic heterocycles. The van der Waals surface area contributed by atoms with Crippen molar-refractivity contribution in [2.75, 3.05) is 0 Å². The van der Waals surface area contributed by atoms with Crippen LogP contribution in [0.4, 0.5) is 0 Å². The number of nitrogens with one attached hydrogen (secondary N) is 1. The van der Waals surface area contributed by atoms with Crippen LogP contribution in [0.15, 0.2) is 20.4 Å². The third kappa shape index (κ3) is 2.34. The van der Waals surface area contributed by atoms with Crippen molar-refractivity contribution in [2.45, 2.75) is 44.2 Å². The molecule has 0 spiro atoms. The molecule has 6 heteroatoms. The molecule has 1 saturated carbocycles. The molecule has 4 nitrogen and oxygen atoms in total. The highest BCUT2D eigenvalue weighted by Gasteiger charge is 2.38. The van der Waals surface area contributed by atoms with Crippen LogP contribution in [0.25, 0.3) is 10.7 Å². The Morgan fingerprint density at radius 1 is 1.30 bits per heavy atom. The van der Waals surface area contributed by atoms with Crippen LogP contribution >= 0.6 is 27.3 Å². The summed E-state index contributed by atoms with van der Waals surface area (Å²) < 4.78 is 6.57. The number of hydrogen-bond donors (Lipinski definition) is 1. The van der Waals surface area contributed by atoms with Crippen molar-refractivity contribution in [3.8, 4) is 10.7 Å². The predicted octanol–water partition coefficient (Wildman–Crippen LogP) is 4.15. The van der Waals surface area contributed by atoms with Gasteiger partial charge in [-0.2, -0.15) is 4.98 Å². The quantitative estimate of drug-likeness (QED) is 0.880. The van der Waals surface area contributed by atoms with Crippen molar-refractivity contribution in [1.29, 1.82) is 0 Å². The van der Waals surface area contributed by atoms with Crippen LogP contribution in [0, 0.1) is 5.92 Å². The van der Waals surface area contributed by atoms with Gasteiger partial charge < -0.3 is 9.84 Å². The van der Waals surface area contributed by atoms with E-state index < -0.39 is 0 Å². The maximum absolute atomic E-state index is 5.49. The zero-order valence-electron chi connectivity index (χ0n) is 11.0. The van der Waals surface area contributed by atoms with Crippen molar-refractivity contribution in [3.05, 3.63) is 21.8 Å². The molecule has 0 amide bonds. The topological polar surface area (TPSA) is 51.0 Å². The molecule has 3 heterocycles. The van der Waals surface area contributed by atoms with E-state index >= 15 is 0 Å². The van der Waals surface area contributed by atoms with E-state index in [1.807, 2.05) is 12.1 Å². The van der Waals surface area contributed by atoms with Gasteiger partial charge >= 0.3 is 0 Å². The smallest absolute Gasteiger partial charge is 0.244 e. The molecule has 1 aliphatic heterocycles. The first-order valence-corrected chi connectivity index (χ1v) is 8.76. The fourth-order valence-electron chi connectivity index (χ4n) is 3.42. The average Bonchev–Trinajstić information content (AvgIpc) is 3.16. The first kappa shape index (κ1) is 13.0. The molecule has 0 aromatic carbocycles. The number of hydrogen-bond acceptors (Lipinski definition) is 5. The molecular weight excluding hydrogens is 338 g/mol. The second-order valence-electron chi connectivity index (χ2n) is 5.67. The van der Waals surface area contributed by atoms with Crippen LogP contribution in [-0.2, 0) is 0 Å². The number of rotatable bonds is 2. The molecule has 3 atom stereocenters. The molecule has 2 aromatic rings. The molecule has 3 unspecified atom stereocenters. The average molecular weight is 354 g/mol. The molecule has 1 aliphatic carbocycles. The van der Waals surface area contributed by atoms with Crippen molar-refractivity contribution in [1.82, 2.24) is 15.5 Å². The Bertz CT molecular complexity index is 597. The van der Waals surface area contributed by atoms with Crippen LogP contribution in [0.2, 0.25) is 0 Å². The Labute approximate surface area is 130 Å². The second kappa shape index (κ2) is 5.24. The SMILES string of the molecule is Brc1ccc(-c2noc(C3CC4CCCCC4N3)n2)s1. The predicted molar refractivity (Wildman–Crippen MR) is 81.6 cm³/mol. The lowest BCUT2D eigenvalue weighted by Gasteiger charge is -2.24. The molecule has 4 rings (SSSR count). The highest BCUT2D eigenvalue weighted by molar-refractivity contribution is 9.11. The monoisotopic (exact) mass is 353 g/mol. The summed E-state index contributed by atoms with van der Waals surface area (Å²) in [5.74, 6) is 2.24. The van der Waals surface area contributed by atoms with Gasteiger partial charge in [-0.15, -0.1) is 11.3 Å². The van der Waals surface area contributed by atoms with Gasteiger partial charge in [-0.05, 0) is 53.2 Å². The van der Waals surface area contributed by atoms with E-state index in [2.05, 4.69) is 31.4 Å². The van der Waals surface area contributed by atoms with E-state index in [1.54, 1.807) is 11.3 Å².